The van der Waals surface area contributed by atoms with E-state index in [4.69, 9.17) is 0 Å². The Bertz CT molecular complexity index is 241. The van der Waals surface area contributed by atoms with Crippen molar-refractivity contribution in [3.8, 4) is 0 Å². The van der Waals surface area contributed by atoms with Gasteiger partial charge in [0.05, 0.1) is 0 Å². The predicted molar refractivity (Wildman–Crippen MR) is 63.3 cm³/mol. The Kier molecular flexibility index (Phi) is 2.80. The zero-order valence-corrected chi connectivity index (χ0v) is 9.89. The number of hydrogen-bond acceptors (Lipinski definition) is 3. The van der Waals surface area contributed by atoms with Gasteiger partial charge in [0.25, 0.3) is 0 Å². The van der Waals surface area contributed by atoms with Crippen molar-refractivity contribution in [3.05, 3.63) is 12.4 Å². The Morgan fingerprint density at radius 3 is 1.50 bits per heavy atom. The van der Waals surface area contributed by atoms with Crippen LogP contribution in [-0.4, -0.2) is 33.3 Å². The standard InChI is InChI=1S/C13H22N2O/c16-13-14(11-5-1-2-6-11)9-10-15(13)12-7-3-4-8-12/h9-13,16H,1-8H2. The summed E-state index contributed by atoms with van der Waals surface area (Å²) in [5.74, 6) is 0. The molecule has 3 nitrogen and oxygen atoms in total. The first kappa shape index (κ1) is 10.5. The van der Waals surface area contributed by atoms with Crippen LogP contribution in [0, 0.1) is 0 Å². The van der Waals surface area contributed by atoms with Crippen LogP contribution in [0.25, 0.3) is 0 Å². The fourth-order valence-electron chi connectivity index (χ4n) is 3.49. The second-order valence-electron chi connectivity index (χ2n) is 5.42. The lowest BCUT2D eigenvalue weighted by molar-refractivity contribution is -0.0793. The van der Waals surface area contributed by atoms with E-state index in [-0.39, 0.29) is 6.35 Å². The summed E-state index contributed by atoms with van der Waals surface area (Å²) >= 11 is 0. The molecule has 16 heavy (non-hydrogen) atoms. The Morgan fingerprint density at radius 2 is 1.12 bits per heavy atom. The van der Waals surface area contributed by atoms with Crippen molar-refractivity contribution in [2.45, 2.75) is 69.8 Å². The first-order valence-electron chi connectivity index (χ1n) is 6.77. The molecule has 0 bridgehead atoms. The first-order chi connectivity index (χ1) is 7.86. The smallest absolute Gasteiger partial charge is 0.207 e. The molecule has 0 atom stereocenters. The van der Waals surface area contributed by atoms with Crippen molar-refractivity contribution in [1.82, 2.24) is 9.80 Å². The molecule has 0 aromatic heterocycles. The normalized spacial score (nSPS) is 28.8. The third-order valence-electron chi connectivity index (χ3n) is 4.44. The van der Waals surface area contributed by atoms with Crippen molar-refractivity contribution < 1.29 is 5.11 Å². The van der Waals surface area contributed by atoms with Crippen LogP contribution < -0.4 is 0 Å². The van der Waals surface area contributed by atoms with Gasteiger partial charge in [-0.2, -0.15) is 0 Å². The molecular formula is C13H22N2O. The van der Waals surface area contributed by atoms with Crippen molar-refractivity contribution in [2.24, 2.45) is 0 Å². The molecule has 0 saturated heterocycles. The maximum atomic E-state index is 10.4. The summed E-state index contributed by atoms with van der Waals surface area (Å²) in [4.78, 5) is 4.34. The van der Waals surface area contributed by atoms with E-state index in [1.807, 2.05) is 0 Å². The lowest BCUT2D eigenvalue weighted by Gasteiger charge is -2.35. The molecule has 1 heterocycles. The predicted octanol–water partition coefficient (Wildman–Crippen LogP) is 2.24. The molecule has 0 amide bonds. The number of rotatable bonds is 2. The van der Waals surface area contributed by atoms with Crippen LogP contribution in [0.4, 0.5) is 0 Å². The number of aliphatic hydroxyl groups excluding tert-OH is 1. The average Bonchev–Trinajstić information content (AvgIpc) is 2.96. The molecule has 3 heteroatoms. The largest absolute Gasteiger partial charge is 0.356 e. The van der Waals surface area contributed by atoms with E-state index in [0.717, 1.165) is 0 Å². The van der Waals surface area contributed by atoms with Gasteiger partial charge in [-0.05, 0) is 25.7 Å². The van der Waals surface area contributed by atoms with Crippen LogP contribution in [-0.2, 0) is 0 Å². The van der Waals surface area contributed by atoms with Crippen molar-refractivity contribution in [3.63, 3.8) is 0 Å². The molecule has 2 saturated carbocycles. The van der Waals surface area contributed by atoms with E-state index in [0.29, 0.717) is 12.1 Å². The van der Waals surface area contributed by atoms with Gasteiger partial charge < -0.3 is 14.9 Å². The molecule has 0 radical (unpaired) electrons. The van der Waals surface area contributed by atoms with Crippen LogP contribution in [0.1, 0.15) is 51.4 Å². The maximum Gasteiger partial charge on any atom is 0.207 e. The number of aliphatic hydroxyl groups is 1. The molecule has 1 N–H and O–H groups in total. The highest BCUT2D eigenvalue weighted by atomic mass is 16.3. The maximum absolute atomic E-state index is 10.4. The topological polar surface area (TPSA) is 26.7 Å². The molecule has 0 aromatic rings. The van der Waals surface area contributed by atoms with E-state index >= 15 is 0 Å². The minimum Gasteiger partial charge on any atom is -0.356 e. The summed E-state index contributed by atoms with van der Waals surface area (Å²) in [6.07, 6.45) is 14.1. The quantitative estimate of drug-likeness (QED) is 0.776. The molecule has 0 unspecified atom stereocenters. The summed E-state index contributed by atoms with van der Waals surface area (Å²) < 4.78 is 0. The number of nitrogens with zero attached hydrogens (tertiary/aromatic N) is 2. The highest BCUT2D eigenvalue weighted by Gasteiger charge is 2.35. The highest BCUT2D eigenvalue weighted by Crippen LogP contribution is 2.32. The second kappa shape index (κ2) is 4.28. The van der Waals surface area contributed by atoms with Crippen LogP contribution in [0.2, 0.25) is 0 Å². The lowest BCUT2D eigenvalue weighted by Crippen LogP contribution is -2.46. The van der Waals surface area contributed by atoms with Gasteiger partial charge in [0.1, 0.15) is 0 Å². The third-order valence-corrected chi connectivity index (χ3v) is 4.44. The zero-order chi connectivity index (χ0) is 11.0. The molecule has 2 fully saturated rings. The van der Waals surface area contributed by atoms with Gasteiger partial charge in [-0.3, -0.25) is 0 Å². The SMILES string of the molecule is OC1N(C2CCCC2)C=CN1C1CCCC1. The molecule has 0 spiro atoms. The van der Waals surface area contributed by atoms with Gasteiger partial charge >= 0.3 is 0 Å². The molecule has 3 aliphatic rings. The third kappa shape index (κ3) is 1.71. The fourth-order valence-corrected chi connectivity index (χ4v) is 3.49. The highest BCUT2D eigenvalue weighted by molar-refractivity contribution is 5.00. The molecule has 0 aromatic carbocycles. The Hall–Kier alpha value is -0.700. The van der Waals surface area contributed by atoms with E-state index in [2.05, 4.69) is 22.2 Å². The van der Waals surface area contributed by atoms with Crippen LogP contribution in [0.3, 0.4) is 0 Å². The fraction of sp³-hybridized carbons (Fsp3) is 0.846. The minimum absolute atomic E-state index is 0.383. The van der Waals surface area contributed by atoms with E-state index in [1.165, 1.54) is 51.4 Å². The Balaban J connectivity index is 1.65. The summed E-state index contributed by atoms with van der Waals surface area (Å²) in [7, 11) is 0. The number of hydrogen-bond donors (Lipinski definition) is 1. The second-order valence-corrected chi connectivity index (χ2v) is 5.42. The summed E-state index contributed by atoms with van der Waals surface area (Å²) in [6, 6.07) is 1.16. The van der Waals surface area contributed by atoms with Gasteiger partial charge in [-0.1, -0.05) is 25.7 Å². The van der Waals surface area contributed by atoms with Crippen LogP contribution in [0.15, 0.2) is 12.4 Å². The first-order valence-corrected chi connectivity index (χ1v) is 6.77. The minimum atomic E-state index is -0.383. The van der Waals surface area contributed by atoms with E-state index in [9.17, 15) is 5.11 Å². The molecule has 2 aliphatic carbocycles. The monoisotopic (exact) mass is 222 g/mol. The molecular weight excluding hydrogens is 200 g/mol. The Morgan fingerprint density at radius 1 is 0.750 bits per heavy atom. The van der Waals surface area contributed by atoms with Crippen molar-refractivity contribution >= 4 is 0 Å². The van der Waals surface area contributed by atoms with Gasteiger partial charge in [-0.15, -0.1) is 0 Å². The van der Waals surface area contributed by atoms with Gasteiger partial charge in [-0.25, -0.2) is 0 Å². The van der Waals surface area contributed by atoms with Crippen LogP contribution in [0.5, 0.6) is 0 Å². The average molecular weight is 222 g/mol. The van der Waals surface area contributed by atoms with Crippen molar-refractivity contribution in [2.75, 3.05) is 0 Å². The van der Waals surface area contributed by atoms with E-state index in [1.54, 1.807) is 0 Å². The van der Waals surface area contributed by atoms with Gasteiger partial charge in [0, 0.05) is 24.5 Å². The summed E-state index contributed by atoms with van der Waals surface area (Å²) in [5, 5.41) is 10.4. The molecule has 90 valence electrons. The van der Waals surface area contributed by atoms with Gasteiger partial charge in [0.2, 0.25) is 6.35 Å². The molecule has 3 rings (SSSR count). The summed E-state index contributed by atoms with van der Waals surface area (Å²) in [5.41, 5.74) is 0. The van der Waals surface area contributed by atoms with E-state index < -0.39 is 0 Å². The lowest BCUT2D eigenvalue weighted by atomic mass is 10.2. The van der Waals surface area contributed by atoms with Crippen LogP contribution >= 0.6 is 0 Å². The Labute approximate surface area is 97.7 Å². The zero-order valence-electron chi connectivity index (χ0n) is 9.89. The molecule has 1 aliphatic heterocycles. The van der Waals surface area contributed by atoms with Crippen molar-refractivity contribution in [1.29, 1.82) is 0 Å². The van der Waals surface area contributed by atoms with Gasteiger partial charge in [0.15, 0.2) is 0 Å². The summed E-state index contributed by atoms with van der Waals surface area (Å²) in [6.45, 7) is 0.